The molecule has 0 saturated heterocycles. The number of anilines is 1. The van der Waals surface area contributed by atoms with Gasteiger partial charge in [0.05, 0.1) is 22.9 Å². The molecule has 3 N–H and O–H groups in total. The van der Waals surface area contributed by atoms with Crippen molar-refractivity contribution in [2.45, 2.75) is 33.1 Å². The van der Waals surface area contributed by atoms with Crippen molar-refractivity contribution in [3.05, 3.63) is 94.3 Å². The lowest BCUT2D eigenvalue weighted by Crippen LogP contribution is -2.32. The molecule has 2 aromatic carbocycles. The zero-order chi connectivity index (χ0) is 25.3. The third kappa shape index (κ3) is 9.62. The number of amides is 1. The third-order valence-corrected chi connectivity index (χ3v) is 5.06. The van der Waals surface area contributed by atoms with Gasteiger partial charge < -0.3 is 15.7 Å². The quantitative estimate of drug-likeness (QED) is 0.475. The van der Waals surface area contributed by atoms with E-state index in [0.29, 0.717) is 21.8 Å². The average Bonchev–Trinajstić information content (AvgIpc) is 2.87. The van der Waals surface area contributed by atoms with Gasteiger partial charge >= 0.3 is 0 Å². The van der Waals surface area contributed by atoms with Crippen molar-refractivity contribution in [2.24, 2.45) is 0 Å². The summed E-state index contributed by atoms with van der Waals surface area (Å²) in [6.45, 7) is 5.68. The molecular weight excluding hydrogens is 448 g/mol. The summed E-state index contributed by atoms with van der Waals surface area (Å²) in [5.74, 6) is 0.0171. The van der Waals surface area contributed by atoms with Crippen LogP contribution in [0, 0.1) is 11.3 Å². The second-order valence-electron chi connectivity index (χ2n) is 7.38. The van der Waals surface area contributed by atoms with Gasteiger partial charge in [-0.1, -0.05) is 55.8 Å². The largest absolute Gasteiger partial charge is 0.400 e. The van der Waals surface area contributed by atoms with Gasteiger partial charge in [-0.05, 0) is 54.7 Å². The van der Waals surface area contributed by atoms with E-state index in [-0.39, 0.29) is 5.91 Å². The highest BCUT2D eigenvalue weighted by atomic mass is 35.5. The average molecular weight is 481 g/mol. The highest BCUT2D eigenvalue weighted by Crippen LogP contribution is 2.20. The van der Waals surface area contributed by atoms with Gasteiger partial charge in [-0.15, -0.1) is 0 Å². The summed E-state index contributed by atoms with van der Waals surface area (Å²) < 4.78 is 0. The number of rotatable bonds is 7. The molecule has 3 aromatic rings. The Kier molecular flexibility index (Phi) is 13.7. The van der Waals surface area contributed by atoms with Gasteiger partial charge in [0.2, 0.25) is 0 Å². The molecule has 0 atom stereocenters. The first-order valence-electron chi connectivity index (χ1n) is 11.1. The van der Waals surface area contributed by atoms with Crippen molar-refractivity contribution >= 4 is 23.2 Å². The normalized spacial score (nSPS) is 9.53. The van der Waals surface area contributed by atoms with Gasteiger partial charge in [0.15, 0.2) is 0 Å². The third-order valence-electron chi connectivity index (χ3n) is 4.69. The molecule has 7 heteroatoms. The van der Waals surface area contributed by atoms with Crippen LogP contribution < -0.4 is 5.73 Å². The molecule has 0 saturated carbocycles. The fourth-order valence-corrected chi connectivity index (χ4v) is 3.39. The first kappa shape index (κ1) is 28.6. The molecule has 0 unspecified atom stereocenters. The fraction of sp³-hybridized carbons (Fsp3) is 0.296. The van der Waals surface area contributed by atoms with E-state index in [1.807, 2.05) is 29.2 Å². The topological polar surface area (TPSA) is 103 Å². The van der Waals surface area contributed by atoms with Gasteiger partial charge in [0, 0.05) is 37.6 Å². The second-order valence-corrected chi connectivity index (χ2v) is 7.79. The summed E-state index contributed by atoms with van der Waals surface area (Å²) in [6, 6.07) is 19.2. The monoisotopic (exact) mass is 480 g/mol. The minimum atomic E-state index is 0.0171. The summed E-state index contributed by atoms with van der Waals surface area (Å²) in [4.78, 5) is 17.9. The van der Waals surface area contributed by atoms with E-state index in [0.717, 1.165) is 45.0 Å². The number of aromatic nitrogens is 1. The van der Waals surface area contributed by atoms with Crippen LogP contribution in [0.5, 0.6) is 0 Å². The van der Waals surface area contributed by atoms with Gasteiger partial charge in [0.25, 0.3) is 5.91 Å². The van der Waals surface area contributed by atoms with Gasteiger partial charge in [-0.25, -0.2) is 0 Å². The number of hydrogen-bond acceptors (Lipinski definition) is 5. The number of nitrogens with two attached hydrogens (primary N) is 1. The molecule has 3 rings (SSSR count). The molecule has 0 spiro atoms. The van der Waals surface area contributed by atoms with Gasteiger partial charge in [-0.3, -0.25) is 9.78 Å². The minimum absolute atomic E-state index is 0.0171. The molecule has 0 bridgehead atoms. The molecule has 0 radical (unpaired) electrons. The second kappa shape index (κ2) is 16.2. The van der Waals surface area contributed by atoms with Crippen molar-refractivity contribution in [1.29, 1.82) is 5.26 Å². The molecule has 0 aliphatic carbocycles. The van der Waals surface area contributed by atoms with Crippen molar-refractivity contribution in [1.82, 2.24) is 9.88 Å². The SMILES string of the molecule is CCCN(CCC)C(=O)c1cncc(N)c1.CO.N#Cc1ccc(Cl)c(Cc2ccccc2)c1. The van der Waals surface area contributed by atoms with Crippen LogP contribution in [0.3, 0.4) is 0 Å². The molecular formula is C27H33ClN4O2. The molecule has 0 aliphatic rings. The van der Waals surface area contributed by atoms with Crippen LogP contribution in [0.1, 0.15) is 53.7 Å². The smallest absolute Gasteiger partial charge is 0.255 e. The van der Waals surface area contributed by atoms with E-state index in [4.69, 9.17) is 27.7 Å². The number of aliphatic hydroxyl groups is 1. The number of halogens is 1. The molecule has 1 heterocycles. The number of nitrogen functional groups attached to an aromatic ring is 1. The molecule has 180 valence electrons. The van der Waals surface area contributed by atoms with Crippen LogP contribution in [0.4, 0.5) is 5.69 Å². The molecule has 34 heavy (non-hydrogen) atoms. The zero-order valence-corrected chi connectivity index (χ0v) is 20.8. The molecule has 6 nitrogen and oxygen atoms in total. The Morgan fingerprint density at radius 3 is 2.26 bits per heavy atom. The predicted molar refractivity (Wildman–Crippen MR) is 139 cm³/mol. The number of aliphatic hydroxyl groups excluding tert-OH is 1. The number of pyridine rings is 1. The Labute approximate surface area is 207 Å². The lowest BCUT2D eigenvalue weighted by atomic mass is 10.0. The van der Waals surface area contributed by atoms with E-state index in [1.54, 1.807) is 30.6 Å². The molecule has 0 fully saturated rings. The van der Waals surface area contributed by atoms with Crippen molar-refractivity contribution < 1.29 is 9.90 Å². The number of carbonyl (C=O) groups excluding carboxylic acids is 1. The number of nitriles is 1. The summed E-state index contributed by atoms with van der Waals surface area (Å²) in [7, 11) is 1.00. The standard InChI is InChI=1S/C14H10ClN.C12H19N3O.CH4O/c15-14-7-6-12(10-16)9-13(14)8-11-4-2-1-3-5-11;1-3-5-15(6-4-2)12(16)10-7-11(13)9-14-8-10;1-2/h1-7,9H,8H2;7-9H,3-6,13H2,1-2H3;2H,1H3. The number of benzene rings is 2. The number of nitrogens with zero attached hydrogens (tertiary/aromatic N) is 3. The number of carbonyl (C=O) groups is 1. The van der Waals surface area contributed by atoms with Gasteiger partial charge in [0.1, 0.15) is 0 Å². The maximum atomic E-state index is 12.1. The first-order chi connectivity index (χ1) is 16.5. The summed E-state index contributed by atoms with van der Waals surface area (Å²) in [6.07, 6.45) is 5.79. The van der Waals surface area contributed by atoms with Gasteiger partial charge in [-0.2, -0.15) is 5.26 Å². The van der Waals surface area contributed by atoms with E-state index in [1.165, 1.54) is 5.56 Å². The van der Waals surface area contributed by atoms with Crippen LogP contribution >= 0.6 is 11.6 Å². The lowest BCUT2D eigenvalue weighted by molar-refractivity contribution is 0.0755. The Balaban J connectivity index is 0.000000317. The molecule has 0 aliphatic heterocycles. The van der Waals surface area contributed by atoms with Crippen LogP contribution in [-0.2, 0) is 6.42 Å². The van der Waals surface area contributed by atoms with E-state index in [9.17, 15) is 4.79 Å². The summed E-state index contributed by atoms with van der Waals surface area (Å²) in [5, 5.41) is 16.5. The van der Waals surface area contributed by atoms with Crippen molar-refractivity contribution in [3.8, 4) is 6.07 Å². The van der Waals surface area contributed by atoms with E-state index in [2.05, 4.69) is 37.0 Å². The maximum absolute atomic E-state index is 12.1. The van der Waals surface area contributed by atoms with Crippen molar-refractivity contribution in [2.75, 3.05) is 25.9 Å². The predicted octanol–water partition coefficient (Wildman–Crippen LogP) is 5.34. The highest BCUT2D eigenvalue weighted by molar-refractivity contribution is 6.31. The van der Waals surface area contributed by atoms with Crippen LogP contribution in [0.2, 0.25) is 5.02 Å². The summed E-state index contributed by atoms with van der Waals surface area (Å²) >= 11 is 6.09. The van der Waals surface area contributed by atoms with Crippen LogP contribution in [-0.4, -0.2) is 41.1 Å². The zero-order valence-electron chi connectivity index (χ0n) is 20.0. The van der Waals surface area contributed by atoms with Crippen LogP contribution in [0.15, 0.2) is 67.0 Å². The Morgan fingerprint density at radius 1 is 1.06 bits per heavy atom. The Morgan fingerprint density at radius 2 is 1.71 bits per heavy atom. The Bertz CT molecular complexity index is 1050. The first-order valence-corrected chi connectivity index (χ1v) is 11.5. The van der Waals surface area contributed by atoms with E-state index >= 15 is 0 Å². The Hall–Kier alpha value is -3.40. The summed E-state index contributed by atoms with van der Waals surface area (Å²) in [5.41, 5.74) is 9.54. The lowest BCUT2D eigenvalue weighted by Gasteiger charge is -2.21. The fourth-order valence-electron chi connectivity index (χ4n) is 3.21. The molecule has 1 aromatic heterocycles. The van der Waals surface area contributed by atoms with Crippen molar-refractivity contribution in [3.63, 3.8) is 0 Å². The number of hydrogen-bond donors (Lipinski definition) is 2. The minimum Gasteiger partial charge on any atom is -0.400 e. The van der Waals surface area contributed by atoms with E-state index < -0.39 is 0 Å². The molecule has 1 amide bonds. The van der Waals surface area contributed by atoms with Crippen LogP contribution in [0.25, 0.3) is 0 Å². The maximum Gasteiger partial charge on any atom is 0.255 e. The highest BCUT2D eigenvalue weighted by Gasteiger charge is 2.14.